The van der Waals surface area contributed by atoms with Crippen LogP contribution in [0.2, 0.25) is 5.02 Å². The van der Waals surface area contributed by atoms with Gasteiger partial charge in [-0.15, -0.1) is 0 Å². The fourth-order valence-corrected chi connectivity index (χ4v) is 3.92. The Kier molecular flexibility index (Phi) is 6.66. The van der Waals surface area contributed by atoms with E-state index in [4.69, 9.17) is 11.6 Å². The molecule has 0 saturated carbocycles. The molecule has 0 bridgehead atoms. The molecular formula is C22H23ClF3NO2. The number of benzene rings is 2. The number of likely N-dealkylation sites (tertiary alicyclic amines) is 1. The molecule has 2 aromatic rings. The third-order valence-electron chi connectivity index (χ3n) is 5.47. The lowest BCUT2D eigenvalue weighted by Gasteiger charge is -2.38. The van der Waals surface area contributed by atoms with Gasteiger partial charge in [0.15, 0.2) is 5.78 Å². The number of ketones is 1. The van der Waals surface area contributed by atoms with Crippen molar-refractivity contribution in [1.29, 1.82) is 0 Å². The average Bonchev–Trinajstić information content (AvgIpc) is 2.69. The number of carbonyl (C=O) groups is 1. The smallest absolute Gasteiger partial charge is 0.385 e. The van der Waals surface area contributed by atoms with E-state index in [1.54, 1.807) is 12.1 Å². The van der Waals surface area contributed by atoms with Crippen molar-refractivity contribution in [2.45, 2.75) is 37.5 Å². The molecular weight excluding hydrogens is 403 g/mol. The van der Waals surface area contributed by atoms with Gasteiger partial charge in [-0.3, -0.25) is 4.79 Å². The Morgan fingerprint density at radius 1 is 1.10 bits per heavy atom. The first-order valence-corrected chi connectivity index (χ1v) is 9.97. The summed E-state index contributed by atoms with van der Waals surface area (Å²) in [5.74, 6) is 0.0972. The fraction of sp³-hybridized carbons (Fsp3) is 0.409. The number of piperidine rings is 1. The lowest BCUT2D eigenvalue weighted by molar-refractivity contribution is -0.137. The summed E-state index contributed by atoms with van der Waals surface area (Å²) in [5.41, 5.74) is -1.29. The van der Waals surface area contributed by atoms with Crippen LogP contribution in [0.5, 0.6) is 0 Å². The second kappa shape index (κ2) is 8.86. The minimum absolute atomic E-state index is 0.0972. The molecule has 0 radical (unpaired) electrons. The molecule has 1 saturated heterocycles. The van der Waals surface area contributed by atoms with Gasteiger partial charge < -0.3 is 10.0 Å². The largest absolute Gasteiger partial charge is 0.417 e. The summed E-state index contributed by atoms with van der Waals surface area (Å²) in [7, 11) is 0. The standard InChI is InChI=1S/C22H23ClF3NO2/c23-19-9-8-17(15-18(19)22(24,25)26)21(29)10-13-27(14-11-21)12-4-7-20(28)16-5-2-1-3-6-16/h1-3,5-6,8-9,15,29H,4,7,10-14H2. The van der Waals surface area contributed by atoms with Crippen LogP contribution >= 0.6 is 11.6 Å². The Morgan fingerprint density at radius 3 is 2.38 bits per heavy atom. The van der Waals surface area contributed by atoms with Gasteiger partial charge in [0.25, 0.3) is 0 Å². The van der Waals surface area contributed by atoms with Gasteiger partial charge in [-0.1, -0.05) is 48.0 Å². The van der Waals surface area contributed by atoms with E-state index in [1.807, 2.05) is 18.2 Å². The molecule has 3 nitrogen and oxygen atoms in total. The van der Waals surface area contributed by atoms with Gasteiger partial charge in [0.05, 0.1) is 16.2 Å². The van der Waals surface area contributed by atoms with Gasteiger partial charge in [0.1, 0.15) is 0 Å². The van der Waals surface area contributed by atoms with Crippen molar-refractivity contribution in [1.82, 2.24) is 4.90 Å². The number of hydrogen-bond donors (Lipinski definition) is 1. The van der Waals surface area contributed by atoms with Crippen LogP contribution in [-0.4, -0.2) is 35.4 Å². The molecule has 0 atom stereocenters. The number of hydrogen-bond acceptors (Lipinski definition) is 3. The van der Waals surface area contributed by atoms with Crippen LogP contribution in [0.4, 0.5) is 13.2 Å². The molecule has 1 heterocycles. The maximum atomic E-state index is 13.1. The van der Waals surface area contributed by atoms with E-state index >= 15 is 0 Å². The topological polar surface area (TPSA) is 40.5 Å². The van der Waals surface area contributed by atoms with E-state index in [-0.39, 0.29) is 16.4 Å². The summed E-state index contributed by atoms with van der Waals surface area (Å²) in [6.45, 7) is 1.82. The van der Waals surface area contributed by atoms with Crippen LogP contribution in [0.1, 0.15) is 47.2 Å². The normalized spacial score (nSPS) is 17.3. The van der Waals surface area contributed by atoms with Gasteiger partial charge in [0, 0.05) is 25.1 Å². The number of rotatable bonds is 6. The number of nitrogens with zero attached hydrogens (tertiary/aromatic N) is 1. The minimum atomic E-state index is -4.56. The Bertz CT molecular complexity index is 847. The van der Waals surface area contributed by atoms with Crippen LogP contribution in [-0.2, 0) is 11.8 Å². The van der Waals surface area contributed by atoms with Crippen LogP contribution in [0.25, 0.3) is 0 Å². The summed E-state index contributed by atoms with van der Waals surface area (Å²) in [6.07, 6.45) is -2.76. The van der Waals surface area contributed by atoms with Crippen molar-refractivity contribution in [3.8, 4) is 0 Å². The molecule has 1 fully saturated rings. The third kappa shape index (κ3) is 5.38. The Labute approximate surface area is 173 Å². The van der Waals surface area contributed by atoms with Gasteiger partial charge in [-0.25, -0.2) is 0 Å². The van der Waals surface area contributed by atoms with Crippen molar-refractivity contribution in [2.24, 2.45) is 0 Å². The molecule has 1 aliphatic heterocycles. The molecule has 1 aliphatic rings. The SMILES string of the molecule is O=C(CCCN1CCC(O)(c2ccc(Cl)c(C(F)(F)F)c2)CC1)c1ccccc1. The third-order valence-corrected chi connectivity index (χ3v) is 5.80. The predicted octanol–water partition coefficient (Wildman–Crippen LogP) is 5.31. The van der Waals surface area contributed by atoms with Gasteiger partial charge >= 0.3 is 6.18 Å². The summed E-state index contributed by atoms with van der Waals surface area (Å²) >= 11 is 5.68. The minimum Gasteiger partial charge on any atom is -0.385 e. The summed E-state index contributed by atoms with van der Waals surface area (Å²) in [4.78, 5) is 14.3. The number of halogens is 4. The molecule has 7 heteroatoms. The predicted molar refractivity (Wildman–Crippen MR) is 106 cm³/mol. The Hall–Kier alpha value is -1.89. The number of aliphatic hydroxyl groups is 1. The zero-order valence-corrected chi connectivity index (χ0v) is 16.6. The van der Waals surface area contributed by atoms with Crippen LogP contribution in [0.3, 0.4) is 0 Å². The number of alkyl halides is 3. The van der Waals surface area contributed by atoms with Crippen LogP contribution in [0, 0.1) is 0 Å². The first-order valence-electron chi connectivity index (χ1n) is 9.59. The first-order chi connectivity index (χ1) is 13.7. The maximum Gasteiger partial charge on any atom is 0.417 e. The lowest BCUT2D eigenvalue weighted by Crippen LogP contribution is -2.43. The summed E-state index contributed by atoms with van der Waals surface area (Å²) in [6, 6.07) is 12.7. The summed E-state index contributed by atoms with van der Waals surface area (Å²) < 4.78 is 39.3. The zero-order chi connectivity index (χ0) is 21.1. The van der Waals surface area contributed by atoms with Crippen molar-refractivity contribution in [3.05, 3.63) is 70.2 Å². The highest BCUT2D eigenvalue weighted by Crippen LogP contribution is 2.39. The summed E-state index contributed by atoms with van der Waals surface area (Å²) in [5, 5.41) is 10.5. The van der Waals surface area contributed by atoms with Gasteiger partial charge in [0.2, 0.25) is 0 Å². The second-order valence-corrected chi connectivity index (χ2v) is 7.87. The molecule has 2 aromatic carbocycles. The molecule has 156 valence electrons. The number of carbonyl (C=O) groups excluding carboxylic acids is 1. The fourth-order valence-electron chi connectivity index (χ4n) is 3.70. The van der Waals surface area contributed by atoms with E-state index in [2.05, 4.69) is 4.90 Å². The molecule has 0 amide bonds. The van der Waals surface area contributed by atoms with E-state index in [0.29, 0.717) is 50.9 Å². The zero-order valence-electron chi connectivity index (χ0n) is 15.9. The van der Waals surface area contributed by atoms with E-state index in [0.717, 1.165) is 6.07 Å². The van der Waals surface area contributed by atoms with Crippen molar-refractivity contribution in [3.63, 3.8) is 0 Å². The molecule has 0 aliphatic carbocycles. The van der Waals surface area contributed by atoms with Gasteiger partial charge in [-0.2, -0.15) is 13.2 Å². The monoisotopic (exact) mass is 425 g/mol. The molecule has 0 aromatic heterocycles. The lowest BCUT2D eigenvalue weighted by atomic mass is 9.83. The molecule has 0 spiro atoms. The van der Waals surface area contributed by atoms with Crippen molar-refractivity contribution >= 4 is 17.4 Å². The van der Waals surface area contributed by atoms with Crippen LogP contribution < -0.4 is 0 Å². The van der Waals surface area contributed by atoms with E-state index in [1.165, 1.54) is 12.1 Å². The highest BCUT2D eigenvalue weighted by Gasteiger charge is 2.38. The van der Waals surface area contributed by atoms with Gasteiger partial charge in [-0.05, 0) is 43.5 Å². The average molecular weight is 426 g/mol. The van der Waals surface area contributed by atoms with Crippen molar-refractivity contribution in [2.75, 3.05) is 19.6 Å². The van der Waals surface area contributed by atoms with E-state index < -0.39 is 17.3 Å². The molecule has 3 rings (SSSR count). The van der Waals surface area contributed by atoms with E-state index in [9.17, 15) is 23.1 Å². The molecule has 0 unspecified atom stereocenters. The molecule has 29 heavy (non-hydrogen) atoms. The maximum absolute atomic E-state index is 13.1. The first kappa shape index (κ1) is 21.8. The second-order valence-electron chi connectivity index (χ2n) is 7.46. The van der Waals surface area contributed by atoms with Crippen LogP contribution in [0.15, 0.2) is 48.5 Å². The quantitative estimate of drug-likeness (QED) is 0.638. The Morgan fingerprint density at radius 2 is 1.76 bits per heavy atom. The highest BCUT2D eigenvalue weighted by molar-refractivity contribution is 6.31. The highest BCUT2D eigenvalue weighted by atomic mass is 35.5. The molecule has 1 N–H and O–H groups in total. The van der Waals surface area contributed by atoms with Crippen molar-refractivity contribution < 1.29 is 23.1 Å². The Balaban J connectivity index is 1.54. The number of Topliss-reactive ketones (excluding diaryl/α,β-unsaturated/α-hetero) is 1.